The van der Waals surface area contributed by atoms with Crippen LogP contribution in [0.5, 0.6) is 0 Å². The highest BCUT2D eigenvalue weighted by Crippen LogP contribution is 2.33. The number of carbonyl (C=O) groups excluding carboxylic acids is 2. The highest BCUT2D eigenvalue weighted by atomic mass is 16.3. The number of pyridine rings is 1. The summed E-state index contributed by atoms with van der Waals surface area (Å²) in [4.78, 5) is 33.2. The van der Waals surface area contributed by atoms with E-state index >= 15 is 0 Å². The fraction of sp³-hybridized carbons (Fsp3) is 0.409. The number of likely N-dealkylation sites (tertiary alicyclic amines) is 2. The molecule has 2 aliphatic rings. The normalized spacial score (nSPS) is 23.0. The molecular formula is C22H25N3O3. The maximum atomic E-state index is 13.0. The van der Waals surface area contributed by atoms with Gasteiger partial charge in [-0.1, -0.05) is 36.4 Å². The third-order valence-electron chi connectivity index (χ3n) is 5.89. The molecule has 1 aromatic heterocycles. The lowest BCUT2D eigenvalue weighted by atomic mass is 9.93. The summed E-state index contributed by atoms with van der Waals surface area (Å²) in [5, 5.41) is 11.0. The van der Waals surface area contributed by atoms with Gasteiger partial charge in [0, 0.05) is 31.7 Å². The number of piperidine rings is 1. The van der Waals surface area contributed by atoms with Crippen LogP contribution in [0.25, 0.3) is 0 Å². The molecular weight excluding hydrogens is 354 g/mol. The van der Waals surface area contributed by atoms with Gasteiger partial charge >= 0.3 is 0 Å². The van der Waals surface area contributed by atoms with Crippen molar-refractivity contribution in [2.75, 3.05) is 26.2 Å². The summed E-state index contributed by atoms with van der Waals surface area (Å²) in [5.41, 5.74) is 0.341. The Kier molecular flexibility index (Phi) is 5.13. The third-order valence-corrected chi connectivity index (χ3v) is 5.89. The van der Waals surface area contributed by atoms with Crippen molar-refractivity contribution < 1.29 is 14.7 Å². The number of benzene rings is 1. The molecule has 2 aliphatic heterocycles. The summed E-state index contributed by atoms with van der Waals surface area (Å²) in [6.45, 7) is 2.02. The van der Waals surface area contributed by atoms with Gasteiger partial charge in [0.05, 0.1) is 6.54 Å². The molecule has 3 heterocycles. The van der Waals surface area contributed by atoms with Gasteiger partial charge in [-0.25, -0.2) is 0 Å². The zero-order valence-electron chi connectivity index (χ0n) is 15.8. The van der Waals surface area contributed by atoms with E-state index in [1.165, 1.54) is 0 Å². The van der Waals surface area contributed by atoms with Gasteiger partial charge in [-0.15, -0.1) is 0 Å². The zero-order valence-corrected chi connectivity index (χ0v) is 15.8. The van der Waals surface area contributed by atoms with Crippen LogP contribution in [-0.4, -0.2) is 57.9 Å². The van der Waals surface area contributed by atoms with Gasteiger partial charge < -0.3 is 14.9 Å². The monoisotopic (exact) mass is 379 g/mol. The molecule has 0 unspecified atom stereocenters. The second-order valence-corrected chi connectivity index (χ2v) is 7.69. The molecule has 0 bridgehead atoms. The Morgan fingerprint density at radius 1 is 0.964 bits per heavy atom. The largest absolute Gasteiger partial charge is 0.383 e. The van der Waals surface area contributed by atoms with E-state index in [0.717, 1.165) is 5.56 Å². The Bertz CT molecular complexity index is 835. The van der Waals surface area contributed by atoms with Gasteiger partial charge in [0.15, 0.2) is 0 Å². The first kappa shape index (κ1) is 18.6. The number of nitrogens with zero attached hydrogens (tertiary/aromatic N) is 3. The molecule has 0 spiro atoms. The number of β-amino-alcohol motifs (C(OH)–C–C–N with tert-alkyl or cyclic N) is 1. The van der Waals surface area contributed by atoms with E-state index in [9.17, 15) is 14.7 Å². The predicted molar refractivity (Wildman–Crippen MR) is 104 cm³/mol. The van der Waals surface area contributed by atoms with E-state index in [1.54, 1.807) is 34.2 Å². The van der Waals surface area contributed by atoms with E-state index in [-0.39, 0.29) is 17.7 Å². The smallest absolute Gasteiger partial charge is 0.272 e. The average molecular weight is 379 g/mol. The van der Waals surface area contributed by atoms with Crippen LogP contribution in [0.1, 0.15) is 35.3 Å². The van der Waals surface area contributed by atoms with Crippen molar-refractivity contribution in [3.05, 3.63) is 66.0 Å². The Balaban J connectivity index is 1.34. The molecule has 1 N–H and O–H groups in total. The lowest BCUT2D eigenvalue weighted by Crippen LogP contribution is -2.44. The van der Waals surface area contributed by atoms with E-state index < -0.39 is 5.60 Å². The van der Waals surface area contributed by atoms with E-state index in [4.69, 9.17) is 0 Å². The van der Waals surface area contributed by atoms with Crippen molar-refractivity contribution in [1.29, 1.82) is 0 Å². The molecule has 1 atom stereocenters. The SMILES string of the molecule is O=C(c1ccccn1)N1CCC(C(=O)N2CC[C@@](O)(c3ccccc3)C2)CC1. The maximum absolute atomic E-state index is 13.0. The first-order chi connectivity index (χ1) is 13.6. The van der Waals surface area contributed by atoms with Crippen molar-refractivity contribution in [2.24, 2.45) is 5.92 Å². The summed E-state index contributed by atoms with van der Waals surface area (Å²) in [6, 6.07) is 14.9. The first-order valence-corrected chi connectivity index (χ1v) is 9.84. The minimum absolute atomic E-state index is 0.0777. The van der Waals surface area contributed by atoms with Gasteiger partial charge in [-0.05, 0) is 37.0 Å². The third kappa shape index (κ3) is 3.64. The molecule has 0 saturated carbocycles. The summed E-state index contributed by atoms with van der Waals surface area (Å²) in [6.07, 6.45) is 3.47. The lowest BCUT2D eigenvalue weighted by molar-refractivity contribution is -0.136. The summed E-state index contributed by atoms with van der Waals surface area (Å²) < 4.78 is 0. The van der Waals surface area contributed by atoms with Gasteiger partial charge in [-0.3, -0.25) is 14.6 Å². The fourth-order valence-electron chi connectivity index (χ4n) is 4.20. The van der Waals surface area contributed by atoms with E-state index in [0.29, 0.717) is 51.1 Å². The first-order valence-electron chi connectivity index (χ1n) is 9.84. The minimum Gasteiger partial charge on any atom is -0.383 e. The molecule has 146 valence electrons. The number of aromatic nitrogens is 1. The summed E-state index contributed by atoms with van der Waals surface area (Å²) in [5.74, 6) is -0.0752. The molecule has 1 aromatic carbocycles. The van der Waals surface area contributed by atoms with E-state index in [2.05, 4.69) is 4.98 Å². The number of rotatable bonds is 3. The molecule has 2 aromatic rings. The molecule has 2 fully saturated rings. The van der Waals surface area contributed by atoms with Crippen LogP contribution < -0.4 is 0 Å². The van der Waals surface area contributed by atoms with Crippen LogP contribution >= 0.6 is 0 Å². The maximum Gasteiger partial charge on any atom is 0.272 e. The van der Waals surface area contributed by atoms with Crippen molar-refractivity contribution in [3.63, 3.8) is 0 Å². The van der Waals surface area contributed by atoms with Crippen LogP contribution in [0.15, 0.2) is 54.7 Å². The van der Waals surface area contributed by atoms with E-state index in [1.807, 2.05) is 30.3 Å². The molecule has 28 heavy (non-hydrogen) atoms. The molecule has 0 aliphatic carbocycles. The van der Waals surface area contributed by atoms with Gasteiger partial charge in [0.2, 0.25) is 5.91 Å². The topological polar surface area (TPSA) is 73.7 Å². The van der Waals surface area contributed by atoms with Crippen LogP contribution in [0.4, 0.5) is 0 Å². The summed E-state index contributed by atoms with van der Waals surface area (Å²) >= 11 is 0. The molecule has 6 nitrogen and oxygen atoms in total. The molecule has 2 amide bonds. The fourth-order valence-corrected chi connectivity index (χ4v) is 4.20. The molecule has 2 saturated heterocycles. The van der Waals surface area contributed by atoms with Crippen molar-refractivity contribution in [3.8, 4) is 0 Å². The summed E-state index contributed by atoms with van der Waals surface area (Å²) in [7, 11) is 0. The molecule has 4 rings (SSSR count). The molecule has 0 radical (unpaired) electrons. The van der Waals surface area contributed by atoms with Gasteiger partial charge in [-0.2, -0.15) is 0 Å². The quantitative estimate of drug-likeness (QED) is 0.886. The zero-order chi connectivity index (χ0) is 19.6. The minimum atomic E-state index is -0.966. The second kappa shape index (κ2) is 7.72. The Morgan fingerprint density at radius 3 is 2.36 bits per heavy atom. The Labute approximate surface area is 164 Å². The number of amides is 2. The number of aliphatic hydroxyl groups is 1. The van der Waals surface area contributed by atoms with Crippen LogP contribution in [0, 0.1) is 5.92 Å². The standard InChI is InChI=1S/C22H25N3O3/c26-20(25-15-11-22(28,16-25)18-6-2-1-3-7-18)17-9-13-24(14-10-17)21(27)19-8-4-5-12-23-19/h1-8,12,17,28H,9-11,13-16H2/t22-/m0/s1. The highest BCUT2D eigenvalue weighted by Gasteiger charge is 2.41. The van der Waals surface area contributed by atoms with Crippen molar-refractivity contribution in [2.45, 2.75) is 24.9 Å². The van der Waals surface area contributed by atoms with Crippen LogP contribution in [-0.2, 0) is 10.4 Å². The number of hydrogen-bond donors (Lipinski definition) is 1. The Morgan fingerprint density at radius 2 is 1.68 bits per heavy atom. The number of carbonyl (C=O) groups is 2. The van der Waals surface area contributed by atoms with Crippen molar-refractivity contribution >= 4 is 11.8 Å². The lowest BCUT2D eigenvalue weighted by Gasteiger charge is -2.33. The second-order valence-electron chi connectivity index (χ2n) is 7.69. The predicted octanol–water partition coefficient (Wildman–Crippen LogP) is 2.05. The van der Waals surface area contributed by atoms with Crippen molar-refractivity contribution in [1.82, 2.24) is 14.8 Å². The van der Waals surface area contributed by atoms with Crippen LogP contribution in [0.3, 0.4) is 0 Å². The average Bonchev–Trinajstić information content (AvgIpc) is 3.17. The Hall–Kier alpha value is -2.73. The molecule has 6 heteroatoms. The number of hydrogen-bond acceptors (Lipinski definition) is 4. The highest BCUT2D eigenvalue weighted by molar-refractivity contribution is 5.92. The van der Waals surface area contributed by atoms with Gasteiger partial charge in [0.25, 0.3) is 5.91 Å². The van der Waals surface area contributed by atoms with Gasteiger partial charge in [0.1, 0.15) is 11.3 Å². The van der Waals surface area contributed by atoms with Crippen LogP contribution in [0.2, 0.25) is 0 Å².